The molecule has 5 rings (SSSR count). The SMILES string of the molecule is Nc1ncnc2[nH]cc(-c3ccc4c(c3)CCN4C(=O)Cc3cccc(C(F)(F)F)n3)c12. The van der Waals surface area contributed by atoms with Crippen LogP contribution in [0.1, 0.15) is 17.0 Å². The number of carbonyl (C=O) groups excluding carboxylic acids is 1. The first-order valence-electron chi connectivity index (χ1n) is 9.85. The highest BCUT2D eigenvalue weighted by Crippen LogP contribution is 2.36. The van der Waals surface area contributed by atoms with Gasteiger partial charge in [0.1, 0.15) is 23.5 Å². The minimum Gasteiger partial charge on any atom is -0.383 e. The lowest BCUT2D eigenvalue weighted by molar-refractivity contribution is -0.141. The fourth-order valence-corrected chi connectivity index (χ4v) is 4.03. The van der Waals surface area contributed by atoms with Crippen LogP contribution in [0.3, 0.4) is 0 Å². The van der Waals surface area contributed by atoms with E-state index in [1.165, 1.54) is 18.5 Å². The molecule has 0 unspecified atom stereocenters. The van der Waals surface area contributed by atoms with Gasteiger partial charge in [0.05, 0.1) is 17.5 Å². The zero-order valence-corrected chi connectivity index (χ0v) is 16.6. The van der Waals surface area contributed by atoms with Gasteiger partial charge in [-0.05, 0) is 41.8 Å². The van der Waals surface area contributed by atoms with Crippen LogP contribution in [0.5, 0.6) is 0 Å². The summed E-state index contributed by atoms with van der Waals surface area (Å²) in [6.45, 7) is 0.454. The van der Waals surface area contributed by atoms with Crippen LogP contribution in [0.2, 0.25) is 0 Å². The number of hydrogen-bond donors (Lipinski definition) is 2. The fraction of sp³-hybridized carbons (Fsp3) is 0.182. The molecule has 1 aromatic carbocycles. The standard InChI is InChI=1S/C22H17F3N6O/c23-22(24,25)17-3-1-2-14(30-17)9-18(32)31-7-6-13-8-12(4-5-16(13)31)15-10-27-21-19(15)20(26)28-11-29-21/h1-5,8,10-11H,6-7,9H2,(H3,26,27,28,29). The van der Waals surface area contributed by atoms with E-state index < -0.39 is 11.9 Å². The number of H-pyrrole nitrogens is 1. The summed E-state index contributed by atoms with van der Waals surface area (Å²) in [4.78, 5) is 29.3. The molecule has 0 saturated heterocycles. The largest absolute Gasteiger partial charge is 0.433 e. The maximum Gasteiger partial charge on any atom is 0.433 e. The molecule has 0 bridgehead atoms. The molecule has 4 heterocycles. The monoisotopic (exact) mass is 438 g/mol. The molecule has 0 spiro atoms. The highest BCUT2D eigenvalue weighted by Gasteiger charge is 2.33. The number of halogens is 3. The van der Waals surface area contributed by atoms with Gasteiger partial charge >= 0.3 is 6.18 Å². The number of alkyl halides is 3. The molecule has 3 aromatic heterocycles. The number of benzene rings is 1. The van der Waals surface area contributed by atoms with Gasteiger partial charge in [-0.15, -0.1) is 0 Å². The van der Waals surface area contributed by atoms with Gasteiger partial charge in [0.15, 0.2) is 0 Å². The third kappa shape index (κ3) is 3.43. The zero-order chi connectivity index (χ0) is 22.5. The van der Waals surface area contributed by atoms with E-state index in [0.29, 0.717) is 24.4 Å². The van der Waals surface area contributed by atoms with Crippen molar-refractivity contribution in [3.8, 4) is 11.1 Å². The third-order valence-electron chi connectivity index (χ3n) is 5.52. The molecule has 0 radical (unpaired) electrons. The Balaban J connectivity index is 1.41. The van der Waals surface area contributed by atoms with E-state index in [0.717, 1.165) is 33.8 Å². The zero-order valence-electron chi connectivity index (χ0n) is 16.6. The van der Waals surface area contributed by atoms with Gasteiger partial charge in [0.25, 0.3) is 0 Å². The molecular formula is C22H17F3N6O. The van der Waals surface area contributed by atoms with Gasteiger partial charge in [-0.1, -0.05) is 12.1 Å². The van der Waals surface area contributed by atoms with Crippen LogP contribution in [-0.2, 0) is 23.8 Å². The number of aromatic amines is 1. The number of rotatable bonds is 3. The predicted octanol–water partition coefficient (Wildman–Crippen LogP) is 3.75. The van der Waals surface area contributed by atoms with Gasteiger partial charge in [0, 0.05) is 24.0 Å². The van der Waals surface area contributed by atoms with Gasteiger partial charge in [-0.3, -0.25) is 4.79 Å². The first kappa shape index (κ1) is 20.0. The maximum absolute atomic E-state index is 12.9. The summed E-state index contributed by atoms with van der Waals surface area (Å²) >= 11 is 0. The number of nitrogens with zero attached hydrogens (tertiary/aromatic N) is 4. The number of fused-ring (bicyclic) bond motifs is 2. The molecule has 10 heteroatoms. The molecule has 0 atom stereocenters. The smallest absolute Gasteiger partial charge is 0.383 e. The number of pyridine rings is 1. The number of nitrogen functional groups attached to an aromatic ring is 1. The van der Waals surface area contributed by atoms with E-state index in [4.69, 9.17) is 5.73 Å². The lowest BCUT2D eigenvalue weighted by atomic mass is 10.0. The molecule has 1 amide bonds. The van der Waals surface area contributed by atoms with Crippen molar-refractivity contribution in [2.45, 2.75) is 19.0 Å². The normalized spacial score (nSPS) is 13.5. The second-order valence-electron chi connectivity index (χ2n) is 7.51. The lowest BCUT2D eigenvalue weighted by Gasteiger charge is -2.18. The average Bonchev–Trinajstić information content (AvgIpc) is 3.38. The molecule has 32 heavy (non-hydrogen) atoms. The number of amides is 1. The predicted molar refractivity (Wildman–Crippen MR) is 113 cm³/mol. The van der Waals surface area contributed by atoms with E-state index in [1.807, 2.05) is 24.4 Å². The highest BCUT2D eigenvalue weighted by molar-refractivity contribution is 6.01. The summed E-state index contributed by atoms with van der Waals surface area (Å²) in [5.41, 5.74) is 9.23. The van der Waals surface area contributed by atoms with Crippen molar-refractivity contribution in [1.82, 2.24) is 19.9 Å². The molecule has 0 saturated carbocycles. The van der Waals surface area contributed by atoms with E-state index in [-0.39, 0.29) is 18.0 Å². The van der Waals surface area contributed by atoms with Gasteiger partial charge in [-0.25, -0.2) is 15.0 Å². The molecule has 1 aliphatic heterocycles. The molecule has 4 aromatic rings. The molecule has 0 aliphatic carbocycles. The first-order valence-corrected chi connectivity index (χ1v) is 9.85. The van der Waals surface area contributed by atoms with Gasteiger partial charge in [-0.2, -0.15) is 13.2 Å². The maximum atomic E-state index is 12.9. The highest BCUT2D eigenvalue weighted by atomic mass is 19.4. The molecule has 162 valence electrons. The Kier molecular flexibility index (Phi) is 4.58. The number of nitrogens with one attached hydrogen (secondary N) is 1. The van der Waals surface area contributed by atoms with Crippen LogP contribution in [0.4, 0.5) is 24.7 Å². The minimum atomic E-state index is -4.55. The van der Waals surface area contributed by atoms with Crippen molar-refractivity contribution in [1.29, 1.82) is 0 Å². The molecular weight excluding hydrogens is 421 g/mol. The van der Waals surface area contributed by atoms with Crippen LogP contribution in [0.25, 0.3) is 22.2 Å². The summed E-state index contributed by atoms with van der Waals surface area (Å²) in [5.74, 6) is 0.0743. The second-order valence-corrected chi connectivity index (χ2v) is 7.51. The Morgan fingerprint density at radius 3 is 2.84 bits per heavy atom. The average molecular weight is 438 g/mol. The molecule has 3 N–H and O–H groups in total. The van der Waals surface area contributed by atoms with Crippen LogP contribution in [-0.4, -0.2) is 32.4 Å². The Labute approximate surface area is 180 Å². The number of aromatic nitrogens is 4. The third-order valence-corrected chi connectivity index (χ3v) is 5.52. The lowest BCUT2D eigenvalue weighted by Crippen LogP contribution is -2.30. The number of anilines is 2. The summed E-state index contributed by atoms with van der Waals surface area (Å²) in [5, 5.41) is 0.731. The molecule has 0 fully saturated rings. The Hall–Kier alpha value is -3.95. The van der Waals surface area contributed by atoms with Crippen molar-refractivity contribution < 1.29 is 18.0 Å². The summed E-state index contributed by atoms with van der Waals surface area (Å²) in [7, 11) is 0. The van der Waals surface area contributed by atoms with Crippen molar-refractivity contribution in [3.63, 3.8) is 0 Å². The van der Waals surface area contributed by atoms with Crippen LogP contribution < -0.4 is 10.6 Å². The van der Waals surface area contributed by atoms with E-state index in [9.17, 15) is 18.0 Å². The van der Waals surface area contributed by atoms with Crippen molar-refractivity contribution >= 4 is 28.4 Å². The van der Waals surface area contributed by atoms with Crippen molar-refractivity contribution in [2.75, 3.05) is 17.2 Å². The van der Waals surface area contributed by atoms with Gasteiger partial charge < -0.3 is 15.6 Å². The summed E-state index contributed by atoms with van der Waals surface area (Å²) in [6, 6.07) is 9.29. The van der Waals surface area contributed by atoms with Crippen molar-refractivity contribution in [2.24, 2.45) is 0 Å². The van der Waals surface area contributed by atoms with E-state index >= 15 is 0 Å². The number of carbonyl (C=O) groups is 1. The molecule has 1 aliphatic rings. The summed E-state index contributed by atoms with van der Waals surface area (Å²) in [6.07, 6.45) is -0.911. The summed E-state index contributed by atoms with van der Waals surface area (Å²) < 4.78 is 38.7. The Bertz CT molecular complexity index is 1350. The van der Waals surface area contributed by atoms with E-state index in [1.54, 1.807) is 4.90 Å². The topological polar surface area (TPSA) is 101 Å². The van der Waals surface area contributed by atoms with Gasteiger partial charge in [0.2, 0.25) is 5.91 Å². The Morgan fingerprint density at radius 2 is 2.03 bits per heavy atom. The van der Waals surface area contributed by atoms with Crippen LogP contribution in [0, 0.1) is 0 Å². The number of nitrogens with two attached hydrogens (primary N) is 1. The molecule has 7 nitrogen and oxygen atoms in total. The number of hydrogen-bond acceptors (Lipinski definition) is 5. The van der Waals surface area contributed by atoms with Crippen LogP contribution >= 0.6 is 0 Å². The minimum absolute atomic E-state index is 0.0872. The fourth-order valence-electron chi connectivity index (χ4n) is 4.03. The van der Waals surface area contributed by atoms with Crippen LogP contribution in [0.15, 0.2) is 48.9 Å². The Morgan fingerprint density at radius 1 is 1.19 bits per heavy atom. The van der Waals surface area contributed by atoms with Crippen molar-refractivity contribution in [3.05, 3.63) is 65.9 Å². The second kappa shape index (κ2) is 7.33. The van der Waals surface area contributed by atoms with E-state index in [2.05, 4.69) is 19.9 Å². The quantitative estimate of drug-likeness (QED) is 0.507. The first-order chi connectivity index (χ1) is 15.3.